The molecule has 2 aliphatic heterocycles. The highest BCUT2D eigenvalue weighted by atomic mass is 16.5. The summed E-state index contributed by atoms with van der Waals surface area (Å²) < 4.78 is 7.69. The van der Waals surface area contributed by atoms with Crippen LogP contribution in [0.1, 0.15) is 12.5 Å². The van der Waals surface area contributed by atoms with Crippen molar-refractivity contribution in [3.8, 4) is 22.9 Å². The fourth-order valence-corrected chi connectivity index (χ4v) is 4.03. The van der Waals surface area contributed by atoms with Crippen molar-refractivity contribution >= 4 is 17.5 Å². The monoisotopic (exact) mass is 419 g/mol. The Balaban J connectivity index is 1.53. The number of fused-ring (bicyclic) bond motifs is 3. The van der Waals surface area contributed by atoms with Gasteiger partial charge in [-0.25, -0.2) is 19.7 Å². The number of ether oxygens (including phenoxy) is 1. The third-order valence-electron chi connectivity index (χ3n) is 5.56. The molecule has 0 saturated carbocycles. The highest BCUT2D eigenvalue weighted by molar-refractivity contribution is 5.89. The maximum Gasteiger partial charge on any atom is 0.319 e. The molecule has 2 aliphatic rings. The van der Waals surface area contributed by atoms with E-state index >= 15 is 0 Å². The average Bonchev–Trinajstić information content (AvgIpc) is 3.29. The van der Waals surface area contributed by atoms with Gasteiger partial charge in [0.05, 0.1) is 13.2 Å². The van der Waals surface area contributed by atoms with Gasteiger partial charge in [-0.1, -0.05) is 0 Å². The third kappa shape index (κ3) is 3.84. The topological polar surface area (TPSA) is 97.2 Å². The smallest absolute Gasteiger partial charge is 0.319 e. The molecule has 0 unspecified atom stereocenters. The zero-order valence-corrected chi connectivity index (χ0v) is 17.5. The maximum atomic E-state index is 11.8. The summed E-state index contributed by atoms with van der Waals surface area (Å²) in [5.41, 5.74) is 3.66. The molecular formula is C22H25N7O2. The van der Waals surface area contributed by atoms with E-state index < -0.39 is 0 Å². The van der Waals surface area contributed by atoms with Gasteiger partial charge in [0.2, 0.25) is 0 Å². The fourth-order valence-electron chi connectivity index (χ4n) is 4.03. The van der Waals surface area contributed by atoms with Crippen molar-refractivity contribution in [2.24, 2.45) is 0 Å². The Morgan fingerprint density at radius 3 is 2.71 bits per heavy atom. The fraction of sp³-hybridized carbons (Fsp3) is 0.364. The number of hydrogen-bond donors (Lipinski definition) is 2. The van der Waals surface area contributed by atoms with Gasteiger partial charge in [-0.15, -0.1) is 0 Å². The predicted octanol–water partition coefficient (Wildman–Crippen LogP) is 2.54. The van der Waals surface area contributed by atoms with Crippen LogP contribution in [0.4, 0.5) is 16.3 Å². The van der Waals surface area contributed by atoms with Crippen LogP contribution in [-0.2, 0) is 17.7 Å². The summed E-state index contributed by atoms with van der Waals surface area (Å²) in [6.45, 7) is 6.36. The van der Waals surface area contributed by atoms with E-state index in [9.17, 15) is 4.79 Å². The van der Waals surface area contributed by atoms with Crippen LogP contribution in [0.25, 0.3) is 22.9 Å². The number of hydrogen-bond acceptors (Lipinski definition) is 6. The molecule has 0 atom stereocenters. The highest BCUT2D eigenvalue weighted by Crippen LogP contribution is 2.35. The van der Waals surface area contributed by atoms with Crippen LogP contribution in [0.2, 0.25) is 0 Å². The van der Waals surface area contributed by atoms with Crippen LogP contribution in [-0.4, -0.2) is 58.4 Å². The second-order valence-electron chi connectivity index (χ2n) is 7.55. The van der Waals surface area contributed by atoms with Crippen molar-refractivity contribution in [3.05, 3.63) is 42.2 Å². The minimum Gasteiger partial charge on any atom is -0.378 e. The van der Waals surface area contributed by atoms with E-state index in [1.165, 1.54) is 0 Å². The molecule has 5 rings (SSSR count). The summed E-state index contributed by atoms with van der Waals surface area (Å²) in [6, 6.07) is 7.37. The number of anilines is 2. The quantitative estimate of drug-likeness (QED) is 0.675. The average molecular weight is 419 g/mol. The molecule has 0 bridgehead atoms. The van der Waals surface area contributed by atoms with Crippen LogP contribution in [0.5, 0.6) is 0 Å². The van der Waals surface area contributed by atoms with Gasteiger partial charge >= 0.3 is 6.03 Å². The second-order valence-corrected chi connectivity index (χ2v) is 7.55. The minimum absolute atomic E-state index is 0.221. The summed E-state index contributed by atoms with van der Waals surface area (Å²) in [7, 11) is 0. The molecule has 4 heterocycles. The van der Waals surface area contributed by atoms with Crippen molar-refractivity contribution in [3.63, 3.8) is 0 Å². The van der Waals surface area contributed by atoms with E-state index in [-0.39, 0.29) is 6.03 Å². The summed E-state index contributed by atoms with van der Waals surface area (Å²) in [5.74, 6) is 2.51. The number of nitrogens with zero attached hydrogens (tertiary/aromatic N) is 5. The van der Waals surface area contributed by atoms with Gasteiger partial charge in [-0.3, -0.25) is 0 Å². The Kier molecular flexibility index (Phi) is 5.25. The largest absolute Gasteiger partial charge is 0.378 e. The summed E-state index contributed by atoms with van der Waals surface area (Å²) in [5, 5.41) is 5.54. The Bertz CT molecular complexity index is 1090. The Labute approximate surface area is 180 Å². The molecule has 1 saturated heterocycles. The predicted molar refractivity (Wildman–Crippen MR) is 118 cm³/mol. The van der Waals surface area contributed by atoms with Crippen molar-refractivity contribution in [1.29, 1.82) is 0 Å². The standard InChI is InChI=1S/C22H25N7O2/c1-2-23-22(30)25-16-5-3-15(4-6-16)19-26-18-17(7-9-28-10-8-24-21(18)28)20(27-19)29-11-13-31-14-12-29/h3-6,8,10H,2,7,9,11-14H2,1H3,(H2,23,25,30). The van der Waals surface area contributed by atoms with Crippen molar-refractivity contribution in [2.45, 2.75) is 19.9 Å². The molecule has 2 aromatic heterocycles. The number of nitrogens with one attached hydrogen (secondary N) is 2. The SMILES string of the molecule is CCNC(=O)Nc1ccc(-c2nc3c(c(N4CCOCC4)n2)CCn2ccnc2-3)cc1. The normalized spacial score (nSPS) is 15.2. The summed E-state index contributed by atoms with van der Waals surface area (Å²) >= 11 is 0. The number of aromatic nitrogens is 4. The highest BCUT2D eigenvalue weighted by Gasteiger charge is 2.27. The van der Waals surface area contributed by atoms with E-state index in [2.05, 4.69) is 25.1 Å². The van der Waals surface area contributed by atoms with Crippen LogP contribution in [0.15, 0.2) is 36.7 Å². The van der Waals surface area contributed by atoms with E-state index in [1.807, 2.05) is 43.6 Å². The number of urea groups is 1. The molecule has 9 heteroatoms. The molecule has 3 aromatic rings. The summed E-state index contributed by atoms with van der Waals surface area (Å²) in [4.78, 5) is 28.5. The van der Waals surface area contributed by atoms with Crippen molar-refractivity contribution in [2.75, 3.05) is 43.1 Å². The summed E-state index contributed by atoms with van der Waals surface area (Å²) in [6.07, 6.45) is 4.69. The molecule has 0 radical (unpaired) electrons. The molecular weight excluding hydrogens is 394 g/mol. The number of rotatable bonds is 4. The van der Waals surface area contributed by atoms with E-state index in [4.69, 9.17) is 14.7 Å². The van der Waals surface area contributed by atoms with Crippen molar-refractivity contribution < 1.29 is 9.53 Å². The minimum atomic E-state index is -0.221. The molecule has 31 heavy (non-hydrogen) atoms. The lowest BCUT2D eigenvalue weighted by Gasteiger charge is -2.31. The number of morpholine rings is 1. The maximum absolute atomic E-state index is 11.8. The van der Waals surface area contributed by atoms with Crippen LogP contribution < -0.4 is 15.5 Å². The lowest BCUT2D eigenvalue weighted by molar-refractivity contribution is 0.122. The molecule has 1 aromatic carbocycles. The first-order valence-electron chi connectivity index (χ1n) is 10.6. The molecule has 2 amide bonds. The number of amides is 2. The second kappa shape index (κ2) is 8.35. The first-order valence-corrected chi connectivity index (χ1v) is 10.6. The first-order chi connectivity index (χ1) is 15.2. The van der Waals surface area contributed by atoms with E-state index in [0.717, 1.165) is 60.2 Å². The molecule has 1 fully saturated rings. The van der Waals surface area contributed by atoms with Crippen LogP contribution >= 0.6 is 0 Å². The van der Waals surface area contributed by atoms with Gasteiger partial charge in [-0.05, 0) is 37.6 Å². The molecule has 0 aliphatic carbocycles. The van der Waals surface area contributed by atoms with Gasteiger partial charge in [0.1, 0.15) is 11.5 Å². The number of aryl methyl sites for hydroxylation is 1. The van der Waals surface area contributed by atoms with Gasteiger partial charge in [0.25, 0.3) is 0 Å². The Hall–Kier alpha value is -3.46. The number of benzene rings is 1. The van der Waals surface area contributed by atoms with Crippen molar-refractivity contribution in [1.82, 2.24) is 24.8 Å². The molecule has 0 spiro atoms. The molecule has 2 N–H and O–H groups in total. The third-order valence-corrected chi connectivity index (χ3v) is 5.56. The van der Waals surface area contributed by atoms with E-state index in [0.29, 0.717) is 25.6 Å². The van der Waals surface area contributed by atoms with E-state index in [1.54, 1.807) is 0 Å². The molecule has 9 nitrogen and oxygen atoms in total. The number of carbonyl (C=O) groups excluding carboxylic acids is 1. The van der Waals surface area contributed by atoms with Gasteiger partial charge in [0.15, 0.2) is 11.6 Å². The number of imidazole rings is 1. The van der Waals surface area contributed by atoms with Crippen LogP contribution in [0, 0.1) is 0 Å². The lowest BCUT2D eigenvalue weighted by atomic mass is 10.0. The number of carbonyl (C=O) groups is 1. The zero-order valence-electron chi connectivity index (χ0n) is 17.5. The molecule has 160 valence electrons. The first kappa shape index (κ1) is 19.5. The van der Waals surface area contributed by atoms with Gasteiger partial charge in [0, 0.05) is 55.4 Å². The lowest BCUT2D eigenvalue weighted by Crippen LogP contribution is -2.38. The Morgan fingerprint density at radius 1 is 1.13 bits per heavy atom. The van der Waals surface area contributed by atoms with Gasteiger partial charge < -0.3 is 24.8 Å². The van der Waals surface area contributed by atoms with Crippen LogP contribution in [0.3, 0.4) is 0 Å². The Morgan fingerprint density at radius 2 is 1.94 bits per heavy atom. The van der Waals surface area contributed by atoms with Gasteiger partial charge in [-0.2, -0.15) is 0 Å². The zero-order chi connectivity index (χ0) is 21.2.